The number of guanidine groups is 1. The fourth-order valence-corrected chi connectivity index (χ4v) is 2.03. The van der Waals surface area contributed by atoms with E-state index in [1.807, 2.05) is 19.1 Å². The van der Waals surface area contributed by atoms with E-state index in [-0.39, 0.29) is 41.6 Å². The quantitative estimate of drug-likeness (QED) is 0.267. The number of benzene rings is 1. The number of pyridine rings is 1. The van der Waals surface area contributed by atoms with Gasteiger partial charge in [0.1, 0.15) is 18.5 Å². The Morgan fingerprint density at radius 3 is 2.73 bits per heavy atom. The molecule has 1 heterocycles. The van der Waals surface area contributed by atoms with Crippen molar-refractivity contribution < 1.29 is 13.9 Å². The summed E-state index contributed by atoms with van der Waals surface area (Å²) in [6.07, 6.45) is 3.14. The normalized spacial score (nSPS) is 11.9. The Balaban J connectivity index is 0.00000338. The van der Waals surface area contributed by atoms with Gasteiger partial charge in [0.25, 0.3) is 0 Å². The van der Waals surface area contributed by atoms with E-state index in [9.17, 15) is 4.39 Å². The minimum Gasteiger partial charge on any atom is -0.490 e. The third-order valence-electron chi connectivity index (χ3n) is 3.24. The van der Waals surface area contributed by atoms with Crippen molar-refractivity contribution in [2.45, 2.75) is 13.0 Å². The van der Waals surface area contributed by atoms with Crippen LogP contribution in [0.5, 0.6) is 11.5 Å². The molecule has 1 atom stereocenters. The zero-order valence-electron chi connectivity index (χ0n) is 14.8. The highest BCUT2D eigenvalue weighted by molar-refractivity contribution is 14.0. The number of halogens is 2. The summed E-state index contributed by atoms with van der Waals surface area (Å²) in [6, 6.07) is 10.0. The summed E-state index contributed by atoms with van der Waals surface area (Å²) in [5.74, 6) is 1.21. The molecule has 2 aromatic rings. The number of ether oxygens (including phenoxy) is 2. The van der Waals surface area contributed by atoms with E-state index in [2.05, 4.69) is 20.6 Å². The van der Waals surface area contributed by atoms with E-state index in [1.165, 1.54) is 6.07 Å². The number of aromatic nitrogens is 1. The van der Waals surface area contributed by atoms with Gasteiger partial charge in [0.15, 0.2) is 17.5 Å². The summed E-state index contributed by atoms with van der Waals surface area (Å²) in [5.41, 5.74) is 0. The molecular weight excluding hydrogens is 450 g/mol. The molecular formula is C18H24FIN4O2. The summed E-state index contributed by atoms with van der Waals surface area (Å²) in [4.78, 5) is 8.11. The number of nitrogens with zero attached hydrogens (tertiary/aromatic N) is 2. The van der Waals surface area contributed by atoms with E-state index < -0.39 is 0 Å². The van der Waals surface area contributed by atoms with Gasteiger partial charge in [-0.2, -0.15) is 0 Å². The molecule has 26 heavy (non-hydrogen) atoms. The molecule has 0 spiro atoms. The highest BCUT2D eigenvalue weighted by atomic mass is 127. The molecule has 8 heteroatoms. The maximum Gasteiger partial charge on any atom is 0.191 e. The molecule has 0 amide bonds. The van der Waals surface area contributed by atoms with Gasteiger partial charge in [-0.15, -0.1) is 24.0 Å². The zero-order chi connectivity index (χ0) is 17.9. The fourth-order valence-electron chi connectivity index (χ4n) is 2.03. The second kappa shape index (κ2) is 12.3. The molecule has 0 saturated heterocycles. The van der Waals surface area contributed by atoms with Gasteiger partial charge in [-0.1, -0.05) is 12.1 Å². The topological polar surface area (TPSA) is 67.8 Å². The van der Waals surface area contributed by atoms with Crippen LogP contribution in [0.4, 0.5) is 4.39 Å². The van der Waals surface area contributed by atoms with Crippen molar-refractivity contribution in [3.8, 4) is 11.5 Å². The van der Waals surface area contributed by atoms with Gasteiger partial charge in [0, 0.05) is 13.2 Å². The van der Waals surface area contributed by atoms with Gasteiger partial charge < -0.3 is 20.1 Å². The molecule has 0 saturated carbocycles. The number of rotatable bonds is 8. The molecule has 1 aromatic carbocycles. The maximum atomic E-state index is 13.6. The van der Waals surface area contributed by atoms with Crippen molar-refractivity contribution in [2.24, 2.45) is 4.99 Å². The van der Waals surface area contributed by atoms with Crippen molar-refractivity contribution >= 4 is 29.9 Å². The molecule has 2 N–H and O–H groups in total. The zero-order valence-corrected chi connectivity index (χ0v) is 17.1. The van der Waals surface area contributed by atoms with Gasteiger partial charge >= 0.3 is 0 Å². The van der Waals surface area contributed by atoms with Crippen LogP contribution in [-0.4, -0.2) is 43.8 Å². The highest BCUT2D eigenvalue weighted by Crippen LogP contribution is 2.16. The second-order valence-electron chi connectivity index (χ2n) is 5.28. The van der Waals surface area contributed by atoms with Gasteiger partial charge in [0.05, 0.1) is 19.3 Å². The lowest BCUT2D eigenvalue weighted by atomic mass is 10.3. The Bertz CT molecular complexity index is 673. The van der Waals surface area contributed by atoms with E-state index in [1.54, 1.807) is 37.6 Å². The third-order valence-corrected chi connectivity index (χ3v) is 3.24. The number of nitrogens with one attached hydrogen (secondary N) is 2. The fraction of sp³-hybridized carbons (Fsp3) is 0.333. The Kier molecular flexibility index (Phi) is 10.4. The summed E-state index contributed by atoms with van der Waals surface area (Å²) in [7, 11) is 1.68. The minimum absolute atomic E-state index is 0. The molecule has 2 rings (SSSR count). The summed E-state index contributed by atoms with van der Waals surface area (Å²) < 4.78 is 24.7. The Hall–Kier alpha value is -2.10. The van der Waals surface area contributed by atoms with E-state index in [4.69, 9.17) is 9.47 Å². The first kappa shape index (κ1) is 21.9. The first-order valence-electron chi connectivity index (χ1n) is 8.07. The van der Waals surface area contributed by atoms with Crippen LogP contribution in [-0.2, 0) is 0 Å². The minimum atomic E-state index is -0.371. The molecule has 0 aliphatic carbocycles. The van der Waals surface area contributed by atoms with Crippen LogP contribution in [0.3, 0.4) is 0 Å². The first-order valence-corrected chi connectivity index (χ1v) is 8.07. The third kappa shape index (κ3) is 7.85. The molecule has 0 fully saturated rings. The van der Waals surface area contributed by atoms with Crippen LogP contribution in [0.25, 0.3) is 0 Å². The maximum absolute atomic E-state index is 13.6. The standard InChI is InChI=1S/C18H23FN4O2.HI/c1-14(25-17-8-4-3-7-16(17)19)12-23-18(20-2)22-10-11-24-15-6-5-9-21-13-15;/h3-9,13-14H,10-12H2,1-2H3,(H2,20,22,23);1H. The molecule has 1 unspecified atom stereocenters. The number of para-hydroxylation sites is 1. The van der Waals surface area contributed by atoms with Crippen LogP contribution >= 0.6 is 24.0 Å². The van der Waals surface area contributed by atoms with Gasteiger partial charge in [-0.3, -0.25) is 9.98 Å². The SMILES string of the molecule is CN=C(NCCOc1cccnc1)NCC(C)Oc1ccccc1F.I. The van der Waals surface area contributed by atoms with Crippen molar-refractivity contribution in [3.05, 3.63) is 54.6 Å². The van der Waals surface area contributed by atoms with Gasteiger partial charge in [-0.25, -0.2) is 4.39 Å². The molecule has 0 radical (unpaired) electrons. The summed E-state index contributed by atoms with van der Waals surface area (Å²) >= 11 is 0. The smallest absolute Gasteiger partial charge is 0.191 e. The average Bonchev–Trinajstić information content (AvgIpc) is 2.64. The Labute approximate surface area is 170 Å². The molecule has 1 aromatic heterocycles. The average molecular weight is 474 g/mol. The van der Waals surface area contributed by atoms with E-state index in [0.29, 0.717) is 25.7 Å². The number of hydrogen-bond acceptors (Lipinski definition) is 4. The summed E-state index contributed by atoms with van der Waals surface area (Å²) in [6.45, 7) is 3.40. The molecule has 0 aliphatic heterocycles. The molecule has 0 bridgehead atoms. The predicted molar refractivity (Wildman–Crippen MR) is 111 cm³/mol. The van der Waals surface area contributed by atoms with Crippen molar-refractivity contribution in [2.75, 3.05) is 26.7 Å². The largest absolute Gasteiger partial charge is 0.490 e. The summed E-state index contributed by atoms with van der Waals surface area (Å²) in [5, 5.41) is 6.27. The van der Waals surface area contributed by atoms with Crippen molar-refractivity contribution in [3.63, 3.8) is 0 Å². The predicted octanol–water partition coefficient (Wildman–Crippen LogP) is 2.85. The van der Waals surface area contributed by atoms with Crippen LogP contribution in [0.1, 0.15) is 6.92 Å². The molecule has 142 valence electrons. The van der Waals surface area contributed by atoms with Crippen LogP contribution in [0.15, 0.2) is 53.8 Å². The molecule has 0 aliphatic rings. The Morgan fingerprint density at radius 1 is 1.23 bits per heavy atom. The van der Waals surface area contributed by atoms with Gasteiger partial charge in [0.2, 0.25) is 0 Å². The Morgan fingerprint density at radius 2 is 2.04 bits per heavy atom. The number of aliphatic imine (C=N–C) groups is 1. The van der Waals surface area contributed by atoms with E-state index in [0.717, 1.165) is 5.75 Å². The second-order valence-corrected chi connectivity index (χ2v) is 5.28. The van der Waals surface area contributed by atoms with Crippen molar-refractivity contribution in [1.29, 1.82) is 0 Å². The van der Waals surface area contributed by atoms with Crippen LogP contribution < -0.4 is 20.1 Å². The lowest BCUT2D eigenvalue weighted by Gasteiger charge is -2.18. The monoisotopic (exact) mass is 474 g/mol. The van der Waals surface area contributed by atoms with Crippen molar-refractivity contribution in [1.82, 2.24) is 15.6 Å². The first-order chi connectivity index (χ1) is 12.2. The van der Waals surface area contributed by atoms with Crippen LogP contribution in [0, 0.1) is 5.82 Å². The lowest BCUT2D eigenvalue weighted by molar-refractivity contribution is 0.214. The van der Waals surface area contributed by atoms with Crippen LogP contribution in [0.2, 0.25) is 0 Å². The highest BCUT2D eigenvalue weighted by Gasteiger charge is 2.08. The number of hydrogen-bond donors (Lipinski definition) is 2. The van der Waals surface area contributed by atoms with Gasteiger partial charge in [-0.05, 0) is 31.2 Å². The lowest BCUT2D eigenvalue weighted by Crippen LogP contribution is -2.43. The molecule has 6 nitrogen and oxygen atoms in total. The van der Waals surface area contributed by atoms with E-state index >= 15 is 0 Å².